The van der Waals surface area contributed by atoms with E-state index in [4.69, 9.17) is 16.3 Å². The number of halogens is 1. The van der Waals surface area contributed by atoms with Gasteiger partial charge < -0.3 is 20.5 Å². The summed E-state index contributed by atoms with van der Waals surface area (Å²) in [6.07, 6.45) is 6.55. The molecule has 3 N–H and O–H groups in total. The standard InChI is InChI=1S/C25H35ClN4O3S/c1-15(31)29-18(9-22-30-21(26)14-34-22)20(32)13-27-19-11-25(6-5-7-25)33-23-17(19)8-16(12-28-23)10-24(2,3)4/h8,12,14,18-20,27,32H,5-7,9-11,13H2,1-4H3,(H,29,31)/t18-,19-,20-/m0/s1. The molecule has 4 rings (SSSR count). The van der Waals surface area contributed by atoms with E-state index in [0.29, 0.717) is 24.0 Å². The van der Waals surface area contributed by atoms with Crippen LogP contribution in [0.3, 0.4) is 0 Å². The Morgan fingerprint density at radius 3 is 2.76 bits per heavy atom. The maximum atomic E-state index is 11.8. The summed E-state index contributed by atoms with van der Waals surface area (Å²) in [5, 5.41) is 20.4. The molecule has 9 heteroatoms. The number of aromatic nitrogens is 2. The van der Waals surface area contributed by atoms with Crippen molar-refractivity contribution in [1.82, 2.24) is 20.6 Å². The molecule has 1 spiro atoms. The quantitative estimate of drug-likeness (QED) is 0.496. The number of nitrogens with one attached hydrogen (secondary N) is 2. The minimum Gasteiger partial charge on any atom is -0.471 e. The summed E-state index contributed by atoms with van der Waals surface area (Å²) in [6.45, 7) is 8.44. The Balaban J connectivity index is 1.49. The first-order chi connectivity index (χ1) is 16.0. The number of hydrogen-bond donors (Lipinski definition) is 3. The second-order valence-electron chi connectivity index (χ2n) is 10.9. The van der Waals surface area contributed by atoms with Crippen molar-refractivity contribution in [3.63, 3.8) is 0 Å². The number of fused-ring (bicyclic) bond motifs is 1. The van der Waals surface area contributed by atoms with Gasteiger partial charge in [0.05, 0.1) is 17.2 Å². The van der Waals surface area contributed by atoms with Gasteiger partial charge in [-0.15, -0.1) is 11.3 Å². The number of aliphatic hydroxyl groups is 1. The van der Waals surface area contributed by atoms with E-state index < -0.39 is 12.1 Å². The lowest BCUT2D eigenvalue weighted by molar-refractivity contribution is -0.120. The number of nitrogens with zero attached hydrogens (tertiary/aromatic N) is 2. The van der Waals surface area contributed by atoms with Gasteiger partial charge >= 0.3 is 0 Å². The van der Waals surface area contributed by atoms with Crippen molar-refractivity contribution in [3.8, 4) is 5.88 Å². The third-order valence-electron chi connectivity index (χ3n) is 6.54. The molecule has 1 saturated carbocycles. The van der Waals surface area contributed by atoms with E-state index in [1.54, 1.807) is 5.38 Å². The molecule has 3 heterocycles. The topological polar surface area (TPSA) is 96.4 Å². The number of carbonyl (C=O) groups excluding carboxylic acids is 1. The van der Waals surface area contributed by atoms with Gasteiger partial charge in [-0.05, 0) is 42.7 Å². The molecule has 7 nitrogen and oxygen atoms in total. The average molecular weight is 507 g/mol. The van der Waals surface area contributed by atoms with Crippen molar-refractivity contribution < 1.29 is 14.6 Å². The maximum Gasteiger partial charge on any atom is 0.218 e. The Kier molecular flexibility index (Phi) is 7.53. The zero-order chi connectivity index (χ0) is 24.5. The summed E-state index contributed by atoms with van der Waals surface area (Å²) >= 11 is 7.38. The first-order valence-electron chi connectivity index (χ1n) is 12.0. The maximum absolute atomic E-state index is 11.8. The fourth-order valence-corrected chi connectivity index (χ4v) is 5.87. The summed E-state index contributed by atoms with van der Waals surface area (Å²) in [5.41, 5.74) is 2.23. The molecule has 186 valence electrons. The SMILES string of the molecule is CC(=O)N[C@@H](Cc1nc(Cl)cs1)[C@@H](O)CN[C@H]1CC2(CCC2)Oc2ncc(CC(C)(C)C)cc21. The molecule has 34 heavy (non-hydrogen) atoms. The van der Waals surface area contributed by atoms with Crippen LogP contribution >= 0.6 is 22.9 Å². The highest BCUT2D eigenvalue weighted by Gasteiger charge is 2.46. The number of aliphatic hydroxyl groups excluding tert-OH is 1. The van der Waals surface area contributed by atoms with Crippen molar-refractivity contribution in [1.29, 1.82) is 0 Å². The summed E-state index contributed by atoms with van der Waals surface area (Å²) < 4.78 is 6.37. The third-order valence-corrected chi connectivity index (χ3v) is 7.74. The third kappa shape index (κ3) is 6.27. The Morgan fingerprint density at radius 2 is 2.18 bits per heavy atom. The van der Waals surface area contributed by atoms with E-state index in [1.165, 1.54) is 23.8 Å². The highest BCUT2D eigenvalue weighted by atomic mass is 35.5. The molecule has 2 aromatic heterocycles. The van der Waals surface area contributed by atoms with E-state index in [9.17, 15) is 9.90 Å². The van der Waals surface area contributed by atoms with E-state index in [1.807, 2.05) is 6.20 Å². The number of pyridine rings is 1. The van der Waals surface area contributed by atoms with E-state index in [0.717, 1.165) is 42.7 Å². The lowest BCUT2D eigenvalue weighted by Gasteiger charge is -2.47. The number of ether oxygens (including phenoxy) is 1. The first kappa shape index (κ1) is 25.4. The Labute approximate surface area is 210 Å². The minimum absolute atomic E-state index is 0.0263. The van der Waals surface area contributed by atoms with Gasteiger partial charge in [-0.25, -0.2) is 9.97 Å². The summed E-state index contributed by atoms with van der Waals surface area (Å²) in [6, 6.07) is 1.76. The number of hydrogen-bond acceptors (Lipinski definition) is 7. The van der Waals surface area contributed by atoms with Crippen molar-refractivity contribution >= 4 is 28.8 Å². The molecule has 2 aromatic rings. The van der Waals surface area contributed by atoms with Crippen LogP contribution in [0.5, 0.6) is 5.88 Å². The van der Waals surface area contributed by atoms with Crippen LogP contribution in [0.15, 0.2) is 17.6 Å². The van der Waals surface area contributed by atoms with Gasteiger partial charge in [0.2, 0.25) is 11.8 Å². The van der Waals surface area contributed by atoms with Gasteiger partial charge in [-0.2, -0.15) is 0 Å². The summed E-state index contributed by atoms with van der Waals surface area (Å²) in [4.78, 5) is 20.8. The smallest absolute Gasteiger partial charge is 0.218 e. The largest absolute Gasteiger partial charge is 0.471 e. The Morgan fingerprint density at radius 1 is 1.41 bits per heavy atom. The second kappa shape index (κ2) is 10.1. The van der Waals surface area contributed by atoms with Crippen LogP contribution in [-0.2, 0) is 17.6 Å². The van der Waals surface area contributed by atoms with Gasteiger partial charge in [0.1, 0.15) is 10.8 Å². The zero-order valence-corrected chi connectivity index (χ0v) is 21.9. The van der Waals surface area contributed by atoms with Crippen LogP contribution in [0.2, 0.25) is 5.15 Å². The van der Waals surface area contributed by atoms with Gasteiger partial charge in [0.25, 0.3) is 0 Å². The summed E-state index contributed by atoms with van der Waals surface area (Å²) in [5.74, 6) is 0.513. The van der Waals surface area contributed by atoms with Crippen LogP contribution in [0.25, 0.3) is 0 Å². The predicted octanol–water partition coefficient (Wildman–Crippen LogP) is 4.22. The van der Waals surface area contributed by atoms with E-state index in [2.05, 4.69) is 47.4 Å². The van der Waals surface area contributed by atoms with Gasteiger partial charge in [-0.3, -0.25) is 4.79 Å². The molecule has 1 fully saturated rings. The van der Waals surface area contributed by atoms with Crippen molar-refractivity contribution in [2.45, 2.75) is 90.0 Å². The van der Waals surface area contributed by atoms with Crippen molar-refractivity contribution in [2.75, 3.05) is 6.54 Å². The molecule has 3 atom stereocenters. The number of rotatable bonds is 8. The number of carbonyl (C=O) groups is 1. The van der Waals surface area contributed by atoms with Crippen LogP contribution in [0.4, 0.5) is 0 Å². The second-order valence-corrected chi connectivity index (χ2v) is 12.3. The molecule has 2 aliphatic rings. The monoisotopic (exact) mass is 506 g/mol. The van der Waals surface area contributed by atoms with Gasteiger partial charge in [-0.1, -0.05) is 32.4 Å². The molecule has 0 radical (unpaired) electrons. The number of thiazole rings is 1. The van der Waals surface area contributed by atoms with Gasteiger partial charge in [0, 0.05) is 49.5 Å². The van der Waals surface area contributed by atoms with Crippen molar-refractivity contribution in [3.05, 3.63) is 38.9 Å². The van der Waals surface area contributed by atoms with Crippen LogP contribution < -0.4 is 15.4 Å². The molecule has 1 aliphatic carbocycles. The lowest BCUT2D eigenvalue weighted by Crippen LogP contribution is -2.52. The highest BCUT2D eigenvalue weighted by molar-refractivity contribution is 7.10. The van der Waals surface area contributed by atoms with Gasteiger partial charge in [0.15, 0.2) is 0 Å². The van der Waals surface area contributed by atoms with Crippen LogP contribution in [0, 0.1) is 5.41 Å². The first-order valence-corrected chi connectivity index (χ1v) is 13.2. The molecule has 0 bridgehead atoms. The molecule has 1 aliphatic heterocycles. The lowest BCUT2D eigenvalue weighted by atomic mass is 9.73. The average Bonchev–Trinajstić information content (AvgIpc) is 3.13. The molecule has 0 aromatic carbocycles. The highest BCUT2D eigenvalue weighted by Crippen LogP contribution is 2.48. The van der Waals surface area contributed by atoms with Crippen LogP contribution in [-0.4, -0.2) is 45.3 Å². The Bertz CT molecular complexity index is 1020. The predicted molar refractivity (Wildman–Crippen MR) is 134 cm³/mol. The molecule has 0 unspecified atom stereocenters. The molecular formula is C25H35ClN4O3S. The number of amides is 1. The zero-order valence-electron chi connectivity index (χ0n) is 20.4. The molecule has 1 amide bonds. The fourth-order valence-electron chi connectivity index (χ4n) is 4.87. The fraction of sp³-hybridized carbons (Fsp3) is 0.640. The molecule has 0 saturated heterocycles. The minimum atomic E-state index is -0.791. The van der Waals surface area contributed by atoms with Crippen LogP contribution in [0.1, 0.15) is 75.6 Å². The molecular weight excluding hydrogens is 472 g/mol. The Hall–Kier alpha value is -1.74. The normalized spacial score (nSPS) is 20.7. The van der Waals surface area contributed by atoms with E-state index >= 15 is 0 Å². The summed E-state index contributed by atoms with van der Waals surface area (Å²) in [7, 11) is 0. The van der Waals surface area contributed by atoms with Crippen molar-refractivity contribution in [2.24, 2.45) is 5.41 Å². The van der Waals surface area contributed by atoms with E-state index in [-0.39, 0.29) is 23.0 Å².